The van der Waals surface area contributed by atoms with Crippen LogP contribution in [-0.4, -0.2) is 23.9 Å². The average molecular weight is 342 g/mol. The molecule has 1 amide bonds. The highest BCUT2D eigenvalue weighted by Crippen LogP contribution is 2.34. The quantitative estimate of drug-likeness (QED) is 0.737. The van der Waals surface area contributed by atoms with E-state index in [-0.39, 0.29) is 11.7 Å². The van der Waals surface area contributed by atoms with Crippen molar-refractivity contribution in [1.29, 1.82) is 0 Å². The minimum absolute atomic E-state index is 0.0660. The molecule has 0 spiro atoms. The molecule has 0 radical (unpaired) electrons. The van der Waals surface area contributed by atoms with Gasteiger partial charge in [0.15, 0.2) is 0 Å². The summed E-state index contributed by atoms with van der Waals surface area (Å²) in [5.74, 6) is 0.192. The topological polar surface area (TPSA) is 20.3 Å². The van der Waals surface area contributed by atoms with Gasteiger partial charge in [0.1, 0.15) is 5.82 Å². The fourth-order valence-corrected chi connectivity index (χ4v) is 3.01. The Bertz CT molecular complexity index is 502. The van der Waals surface area contributed by atoms with E-state index in [9.17, 15) is 9.18 Å². The van der Waals surface area contributed by atoms with Crippen molar-refractivity contribution in [1.82, 2.24) is 4.90 Å². The summed E-state index contributed by atoms with van der Waals surface area (Å²) in [7, 11) is 0. The van der Waals surface area contributed by atoms with Crippen molar-refractivity contribution in [3.05, 3.63) is 34.1 Å². The number of carbonyl (C=O) groups excluding carboxylic acids is 1. The molecule has 1 aromatic carbocycles. The lowest BCUT2D eigenvalue weighted by atomic mass is 9.75. The van der Waals surface area contributed by atoms with Crippen LogP contribution in [0.4, 0.5) is 4.39 Å². The SMILES string of the molecule is CC(C)(C)C1CCN(C(=O)c2ccc(Br)c(F)c2)CC1. The van der Waals surface area contributed by atoms with Gasteiger partial charge in [-0.1, -0.05) is 20.8 Å². The van der Waals surface area contributed by atoms with E-state index >= 15 is 0 Å². The van der Waals surface area contributed by atoms with E-state index in [1.165, 1.54) is 6.07 Å². The van der Waals surface area contributed by atoms with Gasteiger partial charge in [0.05, 0.1) is 4.47 Å². The number of hydrogen-bond acceptors (Lipinski definition) is 1. The van der Waals surface area contributed by atoms with Crippen molar-refractivity contribution in [3.8, 4) is 0 Å². The Labute approximate surface area is 128 Å². The maximum Gasteiger partial charge on any atom is 0.253 e. The number of halogens is 2. The molecule has 1 heterocycles. The third kappa shape index (κ3) is 3.40. The minimum Gasteiger partial charge on any atom is -0.339 e. The summed E-state index contributed by atoms with van der Waals surface area (Å²) >= 11 is 3.10. The van der Waals surface area contributed by atoms with Gasteiger partial charge in [-0.15, -0.1) is 0 Å². The van der Waals surface area contributed by atoms with Gasteiger partial charge < -0.3 is 4.90 Å². The Morgan fingerprint density at radius 2 is 1.90 bits per heavy atom. The first kappa shape index (κ1) is 15.5. The predicted octanol–water partition coefficient (Wildman–Crippen LogP) is 4.49. The third-order valence-electron chi connectivity index (χ3n) is 4.17. The number of hydrogen-bond donors (Lipinski definition) is 0. The molecule has 0 bridgehead atoms. The monoisotopic (exact) mass is 341 g/mol. The molecule has 0 unspecified atom stereocenters. The summed E-state index contributed by atoms with van der Waals surface area (Å²) in [6.45, 7) is 8.27. The molecule has 0 N–H and O–H groups in total. The number of piperidine rings is 1. The molecule has 0 saturated carbocycles. The van der Waals surface area contributed by atoms with E-state index in [4.69, 9.17) is 0 Å². The summed E-state index contributed by atoms with van der Waals surface area (Å²) in [4.78, 5) is 14.2. The molecule has 1 fully saturated rings. The Morgan fingerprint density at radius 1 is 1.30 bits per heavy atom. The molecular formula is C16H21BrFNO. The molecule has 1 aromatic rings. The molecule has 20 heavy (non-hydrogen) atoms. The summed E-state index contributed by atoms with van der Waals surface area (Å²) in [6, 6.07) is 4.57. The zero-order chi connectivity index (χ0) is 14.9. The van der Waals surface area contributed by atoms with Crippen LogP contribution < -0.4 is 0 Å². The fourth-order valence-electron chi connectivity index (χ4n) is 2.76. The maximum absolute atomic E-state index is 13.5. The summed E-state index contributed by atoms with van der Waals surface area (Å²) < 4.78 is 13.9. The van der Waals surface area contributed by atoms with Crippen LogP contribution in [0.1, 0.15) is 44.0 Å². The van der Waals surface area contributed by atoms with Crippen LogP contribution in [-0.2, 0) is 0 Å². The molecule has 110 valence electrons. The molecular weight excluding hydrogens is 321 g/mol. The van der Waals surface area contributed by atoms with E-state index in [1.54, 1.807) is 12.1 Å². The smallest absolute Gasteiger partial charge is 0.253 e. The van der Waals surface area contributed by atoms with Gasteiger partial charge in [-0.2, -0.15) is 0 Å². The molecule has 1 saturated heterocycles. The van der Waals surface area contributed by atoms with Gasteiger partial charge in [-0.3, -0.25) is 4.79 Å². The van der Waals surface area contributed by atoms with Crippen LogP contribution in [0.3, 0.4) is 0 Å². The number of carbonyl (C=O) groups is 1. The van der Waals surface area contributed by atoms with Gasteiger partial charge in [0.25, 0.3) is 5.91 Å². The number of amides is 1. The molecule has 0 aromatic heterocycles. The van der Waals surface area contributed by atoms with Crippen LogP contribution in [0.5, 0.6) is 0 Å². The molecule has 4 heteroatoms. The Hall–Kier alpha value is -0.900. The second-order valence-corrected chi connectivity index (χ2v) is 7.42. The standard InChI is InChI=1S/C16H21BrFNO/c1-16(2,3)12-6-8-19(9-7-12)15(20)11-4-5-13(17)14(18)10-11/h4-5,10,12H,6-9H2,1-3H3. The molecule has 1 aliphatic rings. The van der Waals surface area contributed by atoms with Crippen molar-refractivity contribution in [3.63, 3.8) is 0 Å². The highest BCUT2D eigenvalue weighted by atomic mass is 79.9. The van der Waals surface area contributed by atoms with E-state index in [0.717, 1.165) is 25.9 Å². The molecule has 2 rings (SSSR count). The Balaban J connectivity index is 2.03. The summed E-state index contributed by atoms with van der Waals surface area (Å²) in [6.07, 6.45) is 2.04. The first-order valence-electron chi connectivity index (χ1n) is 7.03. The highest BCUT2D eigenvalue weighted by molar-refractivity contribution is 9.10. The van der Waals surface area contributed by atoms with Crippen molar-refractivity contribution in [2.45, 2.75) is 33.6 Å². The van der Waals surface area contributed by atoms with Crippen LogP contribution in [0.25, 0.3) is 0 Å². The van der Waals surface area contributed by atoms with Crippen molar-refractivity contribution in [2.24, 2.45) is 11.3 Å². The summed E-state index contributed by atoms with van der Waals surface area (Å²) in [5, 5.41) is 0. The van der Waals surface area contributed by atoms with Crippen molar-refractivity contribution < 1.29 is 9.18 Å². The van der Waals surface area contributed by atoms with Crippen LogP contribution in [0.15, 0.2) is 22.7 Å². The molecule has 0 aliphatic carbocycles. The van der Waals surface area contributed by atoms with Crippen LogP contribution in [0.2, 0.25) is 0 Å². The molecule has 2 nitrogen and oxygen atoms in total. The second kappa shape index (κ2) is 5.84. The lowest BCUT2D eigenvalue weighted by Crippen LogP contribution is -2.41. The fraction of sp³-hybridized carbons (Fsp3) is 0.562. The number of likely N-dealkylation sites (tertiary alicyclic amines) is 1. The predicted molar refractivity (Wildman–Crippen MR) is 82.2 cm³/mol. The maximum atomic E-state index is 13.5. The first-order valence-corrected chi connectivity index (χ1v) is 7.82. The highest BCUT2D eigenvalue weighted by Gasteiger charge is 2.30. The second-order valence-electron chi connectivity index (χ2n) is 6.56. The van der Waals surface area contributed by atoms with Crippen molar-refractivity contribution >= 4 is 21.8 Å². The van der Waals surface area contributed by atoms with Crippen LogP contribution in [0, 0.1) is 17.2 Å². The molecule has 1 aliphatic heterocycles. The molecule has 0 atom stereocenters. The first-order chi connectivity index (χ1) is 9.29. The zero-order valence-electron chi connectivity index (χ0n) is 12.2. The average Bonchev–Trinajstić information content (AvgIpc) is 2.40. The van der Waals surface area contributed by atoms with E-state index in [0.29, 0.717) is 21.4 Å². The largest absolute Gasteiger partial charge is 0.339 e. The Kier molecular flexibility index (Phi) is 4.52. The van der Waals surface area contributed by atoms with Crippen molar-refractivity contribution in [2.75, 3.05) is 13.1 Å². The number of nitrogens with zero attached hydrogens (tertiary/aromatic N) is 1. The normalized spacial score (nSPS) is 17.4. The Morgan fingerprint density at radius 3 is 2.40 bits per heavy atom. The van der Waals surface area contributed by atoms with E-state index in [2.05, 4.69) is 36.7 Å². The summed E-state index contributed by atoms with van der Waals surface area (Å²) in [5.41, 5.74) is 0.721. The zero-order valence-corrected chi connectivity index (χ0v) is 13.8. The number of benzene rings is 1. The lowest BCUT2D eigenvalue weighted by Gasteiger charge is -2.38. The third-order valence-corrected chi connectivity index (χ3v) is 4.82. The number of rotatable bonds is 1. The van der Waals surface area contributed by atoms with Gasteiger partial charge >= 0.3 is 0 Å². The van der Waals surface area contributed by atoms with Crippen LogP contribution >= 0.6 is 15.9 Å². The minimum atomic E-state index is -0.388. The van der Waals surface area contributed by atoms with E-state index < -0.39 is 0 Å². The lowest BCUT2D eigenvalue weighted by molar-refractivity contribution is 0.0608. The van der Waals surface area contributed by atoms with Gasteiger partial charge in [0, 0.05) is 18.7 Å². The van der Waals surface area contributed by atoms with E-state index in [1.807, 2.05) is 4.90 Å². The van der Waals surface area contributed by atoms with Gasteiger partial charge in [0.2, 0.25) is 0 Å². The van der Waals surface area contributed by atoms with Gasteiger partial charge in [-0.05, 0) is 58.3 Å². The van der Waals surface area contributed by atoms with Gasteiger partial charge in [-0.25, -0.2) is 4.39 Å².